The fourth-order valence-corrected chi connectivity index (χ4v) is 3.05. The van der Waals surface area contributed by atoms with Gasteiger partial charge in [0.1, 0.15) is 5.75 Å². The van der Waals surface area contributed by atoms with Gasteiger partial charge in [0.15, 0.2) is 0 Å². The minimum absolute atomic E-state index is 0.0653. The number of rotatable bonds is 3. The molecule has 0 aliphatic carbocycles. The Bertz CT molecular complexity index is 563. The van der Waals surface area contributed by atoms with Crippen LogP contribution in [-0.4, -0.2) is 42.8 Å². The number of carbonyl (C=O) groups excluding carboxylic acids is 1. The van der Waals surface area contributed by atoms with Crippen molar-refractivity contribution in [3.63, 3.8) is 0 Å². The molecule has 1 amide bonds. The van der Waals surface area contributed by atoms with Gasteiger partial charge in [0.2, 0.25) is 6.10 Å². The lowest BCUT2D eigenvalue weighted by molar-refractivity contribution is -0.142. The van der Waals surface area contributed by atoms with Crippen molar-refractivity contribution in [1.82, 2.24) is 4.90 Å². The summed E-state index contributed by atoms with van der Waals surface area (Å²) in [7, 11) is 1.63. The first-order valence-electron chi connectivity index (χ1n) is 7.94. The molecule has 0 saturated carbocycles. The van der Waals surface area contributed by atoms with E-state index >= 15 is 0 Å². The van der Waals surface area contributed by atoms with Crippen LogP contribution in [0.2, 0.25) is 0 Å². The van der Waals surface area contributed by atoms with Crippen LogP contribution in [0.5, 0.6) is 5.75 Å². The van der Waals surface area contributed by atoms with Crippen LogP contribution in [0.25, 0.3) is 0 Å². The Kier molecular flexibility index (Phi) is 4.61. The zero-order valence-corrected chi connectivity index (χ0v) is 13.0. The Morgan fingerprint density at radius 3 is 2.68 bits per heavy atom. The van der Waals surface area contributed by atoms with Gasteiger partial charge in [-0.3, -0.25) is 4.79 Å². The van der Waals surface area contributed by atoms with Crippen molar-refractivity contribution in [2.45, 2.75) is 38.2 Å². The van der Waals surface area contributed by atoms with Crippen molar-refractivity contribution in [2.24, 2.45) is 5.16 Å². The minimum atomic E-state index is -0.488. The first kappa shape index (κ1) is 14.9. The molecule has 2 aliphatic rings. The maximum Gasteiger partial charge on any atom is 0.266 e. The highest BCUT2D eigenvalue weighted by atomic mass is 16.6. The molecule has 1 saturated heterocycles. The summed E-state index contributed by atoms with van der Waals surface area (Å²) in [5, 5.41) is 4.12. The van der Waals surface area contributed by atoms with Crippen LogP contribution in [0.1, 0.15) is 37.7 Å². The van der Waals surface area contributed by atoms with E-state index in [9.17, 15) is 4.79 Å². The lowest BCUT2D eigenvalue weighted by atomic mass is 10.0. The average molecular weight is 302 g/mol. The van der Waals surface area contributed by atoms with Crippen molar-refractivity contribution in [1.29, 1.82) is 0 Å². The van der Waals surface area contributed by atoms with E-state index in [1.54, 1.807) is 7.11 Å². The molecule has 1 atom stereocenters. The van der Waals surface area contributed by atoms with E-state index in [1.165, 1.54) is 12.8 Å². The third-order valence-corrected chi connectivity index (χ3v) is 4.28. The number of likely N-dealkylation sites (tertiary alicyclic amines) is 1. The lowest BCUT2D eigenvalue weighted by Crippen LogP contribution is -2.39. The molecule has 5 heteroatoms. The Hall–Kier alpha value is -2.04. The Morgan fingerprint density at radius 2 is 1.95 bits per heavy atom. The Balaban J connectivity index is 1.67. The van der Waals surface area contributed by atoms with Gasteiger partial charge in [0, 0.05) is 25.1 Å². The van der Waals surface area contributed by atoms with Gasteiger partial charge >= 0.3 is 0 Å². The summed E-state index contributed by atoms with van der Waals surface area (Å²) in [5.41, 5.74) is 1.68. The van der Waals surface area contributed by atoms with Crippen LogP contribution in [0.4, 0.5) is 0 Å². The largest absolute Gasteiger partial charge is 0.496 e. The lowest BCUT2D eigenvalue weighted by Gasteiger charge is -2.22. The first-order valence-corrected chi connectivity index (χ1v) is 7.94. The number of methoxy groups -OCH3 is 1. The van der Waals surface area contributed by atoms with E-state index in [4.69, 9.17) is 9.57 Å². The fourth-order valence-electron chi connectivity index (χ4n) is 3.05. The standard InChI is InChI=1S/C17H22N2O3/c1-21-15-9-5-4-8-13(15)14-12-16(22-18-14)17(20)19-10-6-2-3-7-11-19/h4-5,8-9,16H,2-3,6-7,10-12H2,1H3/t16-/m0/s1. The average Bonchev–Trinajstić information content (AvgIpc) is 2.89. The van der Waals surface area contributed by atoms with Crippen LogP contribution < -0.4 is 4.74 Å². The van der Waals surface area contributed by atoms with E-state index in [-0.39, 0.29) is 5.91 Å². The predicted octanol–water partition coefficient (Wildman–Crippen LogP) is 2.59. The molecule has 1 aromatic rings. The maximum atomic E-state index is 12.6. The van der Waals surface area contributed by atoms with Gasteiger partial charge in [0.25, 0.3) is 5.91 Å². The third kappa shape index (κ3) is 3.08. The number of hydrogen-bond acceptors (Lipinski definition) is 4. The van der Waals surface area contributed by atoms with E-state index < -0.39 is 6.10 Å². The van der Waals surface area contributed by atoms with E-state index in [0.717, 1.165) is 43.0 Å². The van der Waals surface area contributed by atoms with Gasteiger partial charge in [0.05, 0.1) is 12.8 Å². The number of oxime groups is 1. The highest BCUT2D eigenvalue weighted by Gasteiger charge is 2.33. The number of amides is 1. The first-order chi connectivity index (χ1) is 10.8. The molecular formula is C17H22N2O3. The Morgan fingerprint density at radius 1 is 1.23 bits per heavy atom. The molecular weight excluding hydrogens is 280 g/mol. The number of hydrogen-bond donors (Lipinski definition) is 0. The smallest absolute Gasteiger partial charge is 0.266 e. The van der Waals surface area contributed by atoms with Crippen molar-refractivity contribution < 1.29 is 14.4 Å². The summed E-state index contributed by atoms with van der Waals surface area (Å²) in [6.45, 7) is 1.67. The zero-order chi connectivity index (χ0) is 15.4. The van der Waals surface area contributed by atoms with Gasteiger partial charge in [-0.25, -0.2) is 0 Å². The summed E-state index contributed by atoms with van der Waals surface area (Å²) in [4.78, 5) is 19.9. The second-order valence-electron chi connectivity index (χ2n) is 5.78. The van der Waals surface area contributed by atoms with Crippen molar-refractivity contribution in [2.75, 3.05) is 20.2 Å². The van der Waals surface area contributed by atoms with E-state index in [0.29, 0.717) is 6.42 Å². The van der Waals surface area contributed by atoms with Gasteiger partial charge in [-0.05, 0) is 25.0 Å². The molecule has 0 N–H and O–H groups in total. The minimum Gasteiger partial charge on any atom is -0.496 e. The number of nitrogens with zero attached hydrogens (tertiary/aromatic N) is 2. The zero-order valence-electron chi connectivity index (χ0n) is 13.0. The number of carbonyl (C=O) groups is 1. The molecule has 22 heavy (non-hydrogen) atoms. The normalized spacial score (nSPS) is 21.8. The molecule has 5 nitrogen and oxygen atoms in total. The Labute approximate surface area is 130 Å². The van der Waals surface area contributed by atoms with Gasteiger partial charge < -0.3 is 14.5 Å². The highest BCUT2D eigenvalue weighted by Crippen LogP contribution is 2.25. The molecule has 0 radical (unpaired) electrons. The van der Waals surface area contributed by atoms with E-state index in [2.05, 4.69) is 5.16 Å². The molecule has 2 heterocycles. The number of benzene rings is 1. The number of ether oxygens (including phenoxy) is 1. The van der Waals surface area contributed by atoms with Crippen molar-refractivity contribution in [3.05, 3.63) is 29.8 Å². The molecule has 3 rings (SSSR count). The molecule has 0 aromatic heterocycles. The van der Waals surface area contributed by atoms with Crippen LogP contribution >= 0.6 is 0 Å². The molecule has 1 fully saturated rings. The van der Waals surface area contributed by atoms with Crippen molar-refractivity contribution >= 4 is 11.6 Å². The fraction of sp³-hybridized carbons (Fsp3) is 0.529. The summed E-state index contributed by atoms with van der Waals surface area (Å²) >= 11 is 0. The molecule has 118 valence electrons. The molecule has 0 bridgehead atoms. The van der Waals surface area contributed by atoms with Crippen molar-refractivity contribution in [3.8, 4) is 5.75 Å². The second-order valence-corrected chi connectivity index (χ2v) is 5.78. The summed E-state index contributed by atoms with van der Waals surface area (Å²) in [6.07, 6.45) is 4.60. The molecule has 0 unspecified atom stereocenters. The highest BCUT2D eigenvalue weighted by molar-refractivity contribution is 6.05. The molecule has 0 spiro atoms. The topological polar surface area (TPSA) is 51.1 Å². The molecule has 2 aliphatic heterocycles. The van der Waals surface area contributed by atoms with Crippen LogP contribution in [0, 0.1) is 0 Å². The quantitative estimate of drug-likeness (QED) is 0.862. The molecule has 1 aromatic carbocycles. The maximum absolute atomic E-state index is 12.6. The van der Waals surface area contributed by atoms with Gasteiger partial charge in [-0.1, -0.05) is 30.1 Å². The monoisotopic (exact) mass is 302 g/mol. The number of para-hydroxylation sites is 1. The van der Waals surface area contributed by atoms with Gasteiger partial charge in [-0.2, -0.15) is 0 Å². The van der Waals surface area contributed by atoms with Crippen LogP contribution in [0.3, 0.4) is 0 Å². The van der Waals surface area contributed by atoms with Crippen LogP contribution in [-0.2, 0) is 9.63 Å². The van der Waals surface area contributed by atoms with E-state index in [1.807, 2.05) is 29.2 Å². The SMILES string of the molecule is COc1ccccc1C1=NO[C@H](C(=O)N2CCCCCC2)C1. The second kappa shape index (κ2) is 6.81. The predicted molar refractivity (Wildman–Crippen MR) is 84.1 cm³/mol. The summed E-state index contributed by atoms with van der Waals surface area (Å²) < 4.78 is 5.35. The third-order valence-electron chi connectivity index (χ3n) is 4.28. The summed E-state index contributed by atoms with van der Waals surface area (Å²) in [5.74, 6) is 0.822. The van der Waals surface area contributed by atoms with Crippen LogP contribution in [0.15, 0.2) is 29.4 Å². The summed E-state index contributed by atoms with van der Waals surface area (Å²) in [6, 6.07) is 7.69. The van der Waals surface area contributed by atoms with Gasteiger partial charge in [-0.15, -0.1) is 0 Å².